The molecule has 0 spiro atoms. The van der Waals surface area contributed by atoms with E-state index in [9.17, 15) is 0 Å². The van der Waals surface area contributed by atoms with Gasteiger partial charge in [-0.1, -0.05) is 0 Å². The highest BCUT2D eigenvalue weighted by Gasteiger charge is 1.95. The summed E-state index contributed by atoms with van der Waals surface area (Å²) in [6.45, 7) is 1.73. The lowest BCUT2D eigenvalue weighted by Gasteiger charge is -1.81. The van der Waals surface area contributed by atoms with Crippen LogP contribution in [0.25, 0.3) is 0 Å². The van der Waals surface area contributed by atoms with Gasteiger partial charge in [0.25, 0.3) is 0 Å². The predicted molar refractivity (Wildman–Crippen MR) is 32.2 cm³/mol. The highest BCUT2D eigenvalue weighted by atomic mass is 32.2. The summed E-state index contributed by atoms with van der Waals surface area (Å²) in [6, 6.07) is 0. The molecule has 0 amide bonds. The number of thioether (sulfide) groups is 1. The van der Waals surface area contributed by atoms with Crippen molar-refractivity contribution in [3.05, 3.63) is 0 Å². The molecule has 0 aliphatic rings. The fourth-order valence-corrected chi connectivity index (χ4v) is 0.580. The molecular weight excluding hydrogens is 112 g/mol. The number of rotatable bonds is 2. The van der Waals surface area contributed by atoms with E-state index >= 15 is 0 Å². The van der Waals surface area contributed by atoms with E-state index in [1.807, 2.05) is 0 Å². The number of hydrogen-bond donors (Lipinski definition) is 1. The zero-order valence-corrected chi connectivity index (χ0v) is 5.03. The van der Waals surface area contributed by atoms with Crippen LogP contribution in [0.1, 0.15) is 6.92 Å². The normalized spacial score (nSPS) is 8.86. The Bertz CT molecular complexity index is 62.7. The van der Waals surface area contributed by atoms with Gasteiger partial charge in [-0.3, -0.25) is 4.79 Å². The summed E-state index contributed by atoms with van der Waals surface area (Å²) < 4.78 is 0. The zero-order valence-electron chi connectivity index (χ0n) is 4.22. The lowest BCUT2D eigenvalue weighted by atomic mass is 10.9. The lowest BCUT2D eigenvalue weighted by Crippen LogP contribution is -1.90. The van der Waals surface area contributed by atoms with Crippen LogP contribution in [0.2, 0.25) is 0 Å². The first-order chi connectivity index (χ1) is 3.27. The molecule has 42 valence electrons. The van der Waals surface area contributed by atoms with Gasteiger partial charge in [-0.2, -0.15) is 0 Å². The first kappa shape index (κ1) is 6.98. The summed E-state index contributed by atoms with van der Waals surface area (Å²) in [5, 5.41) is 8.48. The van der Waals surface area contributed by atoms with Crippen LogP contribution in [0.5, 0.6) is 0 Å². The Hall–Kier alpha value is -0.0200. The third-order valence-corrected chi connectivity index (χ3v) is 1.21. The summed E-state index contributed by atoms with van der Waals surface area (Å²) in [6.07, 6.45) is 0. The largest absolute Gasteiger partial charge is 0.396 e. The fraction of sp³-hybridized carbons (Fsp3) is 0.750. The summed E-state index contributed by atoms with van der Waals surface area (Å²) in [5.41, 5.74) is 0. The van der Waals surface area contributed by atoms with Gasteiger partial charge in [0.15, 0.2) is 0 Å². The third kappa shape index (κ3) is 5.98. The first-order valence-corrected chi connectivity index (χ1v) is 3.02. The molecule has 0 rings (SSSR count). The monoisotopic (exact) mass is 121 g/mol. The SMILES string of the molecule is CC(=[OH+])SCCO. The minimum Gasteiger partial charge on any atom is -0.396 e. The van der Waals surface area contributed by atoms with Crippen LogP contribution in [0, 0.1) is 0 Å². The topological polar surface area (TPSA) is 41.6 Å². The van der Waals surface area contributed by atoms with Crippen molar-refractivity contribution in [2.24, 2.45) is 0 Å². The van der Waals surface area contributed by atoms with Crippen molar-refractivity contribution in [1.29, 1.82) is 0 Å². The van der Waals surface area contributed by atoms with Crippen LogP contribution in [0.4, 0.5) is 0 Å². The second-order valence-corrected chi connectivity index (χ2v) is 2.38. The Balaban J connectivity index is 2.82. The fourth-order valence-electron chi connectivity index (χ4n) is 0.193. The second-order valence-electron chi connectivity index (χ2n) is 1.09. The molecule has 0 aromatic carbocycles. The highest BCUT2D eigenvalue weighted by molar-refractivity contribution is 8.13. The summed E-state index contributed by atoms with van der Waals surface area (Å²) in [7, 11) is 0. The van der Waals surface area contributed by atoms with E-state index in [0.29, 0.717) is 10.9 Å². The Morgan fingerprint density at radius 1 is 1.86 bits per heavy atom. The zero-order chi connectivity index (χ0) is 5.70. The molecule has 0 aromatic rings. The van der Waals surface area contributed by atoms with Gasteiger partial charge in [0, 0.05) is 5.75 Å². The Kier molecular flexibility index (Phi) is 4.14. The molecule has 3 heteroatoms. The molecule has 0 aliphatic heterocycles. The molecule has 0 heterocycles. The maximum Gasteiger partial charge on any atom is 0.347 e. The highest BCUT2D eigenvalue weighted by Crippen LogP contribution is 1.96. The molecule has 7 heavy (non-hydrogen) atoms. The molecule has 0 saturated heterocycles. The molecule has 0 bridgehead atoms. The molecule has 0 aliphatic carbocycles. The van der Waals surface area contributed by atoms with Crippen molar-refractivity contribution in [1.82, 2.24) is 0 Å². The Morgan fingerprint density at radius 3 is 2.57 bits per heavy atom. The maximum absolute atomic E-state index is 8.45. The molecule has 0 atom stereocenters. The van der Waals surface area contributed by atoms with E-state index in [4.69, 9.17) is 9.90 Å². The van der Waals surface area contributed by atoms with Crippen molar-refractivity contribution in [3.63, 3.8) is 0 Å². The first-order valence-electron chi connectivity index (χ1n) is 2.03. The minimum atomic E-state index is 0.128. The number of carbonyl (C=O) groups excluding carboxylic acids is 1. The van der Waals surface area contributed by atoms with Gasteiger partial charge >= 0.3 is 5.12 Å². The molecule has 0 aromatic heterocycles. The van der Waals surface area contributed by atoms with Gasteiger partial charge in [0.1, 0.15) is 0 Å². The van der Waals surface area contributed by atoms with Crippen molar-refractivity contribution >= 4 is 16.9 Å². The van der Waals surface area contributed by atoms with Crippen LogP contribution in [0.15, 0.2) is 0 Å². The lowest BCUT2D eigenvalue weighted by molar-refractivity contribution is 0.322. The Labute approximate surface area is 46.9 Å². The van der Waals surface area contributed by atoms with Gasteiger partial charge in [-0.15, -0.1) is 0 Å². The van der Waals surface area contributed by atoms with Crippen molar-refractivity contribution < 1.29 is 9.90 Å². The van der Waals surface area contributed by atoms with Gasteiger partial charge in [0.2, 0.25) is 0 Å². The van der Waals surface area contributed by atoms with E-state index in [0.717, 1.165) is 0 Å². The molecule has 0 saturated carbocycles. The van der Waals surface area contributed by atoms with Gasteiger partial charge in [0.05, 0.1) is 13.5 Å². The minimum absolute atomic E-state index is 0.128. The molecular formula is C4H9O2S+. The number of aliphatic hydroxyl groups excluding tert-OH is 1. The second kappa shape index (κ2) is 4.15. The summed E-state index contributed by atoms with van der Waals surface area (Å²) >= 11 is 1.25. The van der Waals surface area contributed by atoms with Crippen molar-refractivity contribution in [2.45, 2.75) is 6.92 Å². The average molecular weight is 121 g/mol. The van der Waals surface area contributed by atoms with Crippen LogP contribution in [-0.2, 0) is 0 Å². The number of hydrogen-bond acceptors (Lipinski definition) is 2. The molecule has 0 fully saturated rings. The third-order valence-electron chi connectivity index (χ3n) is 0.402. The van der Waals surface area contributed by atoms with E-state index in [-0.39, 0.29) is 6.61 Å². The molecule has 0 radical (unpaired) electrons. The number of aliphatic hydroxyl groups is 1. The van der Waals surface area contributed by atoms with Crippen LogP contribution in [-0.4, -0.2) is 27.4 Å². The van der Waals surface area contributed by atoms with E-state index in [2.05, 4.69) is 0 Å². The smallest absolute Gasteiger partial charge is 0.347 e. The van der Waals surface area contributed by atoms with Gasteiger partial charge < -0.3 is 5.11 Å². The quantitative estimate of drug-likeness (QED) is 0.531. The van der Waals surface area contributed by atoms with Crippen LogP contribution in [0.3, 0.4) is 0 Å². The van der Waals surface area contributed by atoms with E-state index in [1.54, 1.807) is 6.92 Å². The van der Waals surface area contributed by atoms with Gasteiger partial charge in [-0.05, 0) is 11.8 Å². The van der Waals surface area contributed by atoms with E-state index < -0.39 is 0 Å². The Morgan fingerprint density at radius 2 is 2.43 bits per heavy atom. The molecule has 2 N–H and O–H groups in total. The van der Waals surface area contributed by atoms with Crippen molar-refractivity contribution in [2.75, 3.05) is 12.4 Å². The van der Waals surface area contributed by atoms with E-state index in [1.165, 1.54) is 11.8 Å². The predicted octanol–water partition coefficient (Wildman–Crippen LogP) is 0.234. The summed E-state index contributed by atoms with van der Waals surface area (Å²) in [4.78, 5) is 8.45. The summed E-state index contributed by atoms with van der Waals surface area (Å²) in [5.74, 6) is 0.586. The standard InChI is InChI=1S/C4H8O2S/c1-4(6)7-3-2-5/h5H,2-3H2,1H3/p+1. The van der Waals surface area contributed by atoms with Crippen LogP contribution >= 0.6 is 11.8 Å². The average Bonchev–Trinajstić information content (AvgIpc) is 1.61. The van der Waals surface area contributed by atoms with Gasteiger partial charge in [-0.25, -0.2) is 0 Å². The molecule has 2 nitrogen and oxygen atoms in total. The van der Waals surface area contributed by atoms with Crippen molar-refractivity contribution in [3.8, 4) is 0 Å². The van der Waals surface area contributed by atoms with Crippen LogP contribution < -0.4 is 0 Å². The maximum atomic E-state index is 8.45. The molecule has 0 unspecified atom stereocenters.